The van der Waals surface area contributed by atoms with Crippen molar-refractivity contribution in [1.29, 1.82) is 0 Å². The van der Waals surface area contributed by atoms with Gasteiger partial charge in [-0.15, -0.1) is 0 Å². The third-order valence-corrected chi connectivity index (χ3v) is 4.14. The highest BCUT2D eigenvalue weighted by molar-refractivity contribution is 7.84. The largest absolute Gasteiger partial charge is 0.416 e. The molecule has 0 bridgehead atoms. The molecule has 1 rings (SSSR count). The molecule has 2 nitrogen and oxygen atoms in total. The number of nitrogens with one attached hydrogen (secondary N) is 1. The minimum Gasteiger partial charge on any atom is -0.309 e. The average molecular weight is 293 g/mol. The summed E-state index contributed by atoms with van der Waals surface area (Å²) in [5.74, 6) is 1.02. The van der Waals surface area contributed by atoms with Crippen molar-refractivity contribution >= 4 is 10.8 Å². The van der Waals surface area contributed by atoms with Gasteiger partial charge in [-0.3, -0.25) is 4.21 Å². The molecular weight excluding hydrogens is 275 g/mol. The van der Waals surface area contributed by atoms with E-state index in [2.05, 4.69) is 5.32 Å². The molecule has 2 unspecified atom stereocenters. The van der Waals surface area contributed by atoms with Gasteiger partial charge in [-0.1, -0.05) is 25.1 Å². The van der Waals surface area contributed by atoms with Crippen LogP contribution in [0.5, 0.6) is 0 Å². The molecule has 0 radical (unpaired) electrons. The highest BCUT2D eigenvalue weighted by atomic mass is 32.2. The van der Waals surface area contributed by atoms with E-state index < -0.39 is 28.6 Å². The lowest BCUT2D eigenvalue weighted by molar-refractivity contribution is -0.138. The molecule has 1 aromatic rings. The quantitative estimate of drug-likeness (QED) is 0.873. The Morgan fingerprint density at radius 1 is 1.32 bits per heavy atom. The molecule has 0 amide bonds. The Hall–Kier alpha value is -0.880. The highest BCUT2D eigenvalue weighted by Gasteiger charge is 2.33. The van der Waals surface area contributed by atoms with E-state index >= 15 is 0 Å². The van der Waals surface area contributed by atoms with Gasteiger partial charge in [-0.05, 0) is 18.6 Å². The average Bonchev–Trinajstić information content (AvgIpc) is 2.37. The highest BCUT2D eigenvalue weighted by Crippen LogP contribution is 2.34. The first-order valence-electron chi connectivity index (χ1n) is 6.10. The molecule has 2 atom stereocenters. The van der Waals surface area contributed by atoms with Crippen molar-refractivity contribution in [2.45, 2.75) is 26.1 Å². The van der Waals surface area contributed by atoms with Gasteiger partial charge < -0.3 is 5.32 Å². The maximum Gasteiger partial charge on any atom is 0.416 e. The van der Waals surface area contributed by atoms with Crippen LogP contribution in [-0.4, -0.2) is 22.3 Å². The van der Waals surface area contributed by atoms with Gasteiger partial charge in [0, 0.05) is 34.9 Å². The Bertz CT molecular complexity index is 434. The maximum atomic E-state index is 12.8. The van der Waals surface area contributed by atoms with Gasteiger partial charge in [0.25, 0.3) is 0 Å². The zero-order valence-corrected chi connectivity index (χ0v) is 11.8. The summed E-state index contributed by atoms with van der Waals surface area (Å²) in [5, 5.41) is 2.98. The van der Waals surface area contributed by atoms with Crippen LogP contribution in [0.4, 0.5) is 13.2 Å². The van der Waals surface area contributed by atoms with Crippen molar-refractivity contribution in [3.05, 3.63) is 35.4 Å². The molecule has 0 spiro atoms. The monoisotopic (exact) mass is 293 g/mol. The first-order valence-corrected chi connectivity index (χ1v) is 7.59. The lowest BCUT2D eigenvalue weighted by Crippen LogP contribution is -2.26. The van der Waals surface area contributed by atoms with Crippen LogP contribution in [0.15, 0.2) is 24.3 Å². The number of alkyl halides is 3. The first-order chi connectivity index (χ1) is 8.86. The van der Waals surface area contributed by atoms with Crippen molar-refractivity contribution < 1.29 is 17.4 Å². The van der Waals surface area contributed by atoms with E-state index in [1.165, 1.54) is 12.1 Å². The SMILES string of the molecule is CCS(=O)CCNC(C)c1ccccc1C(F)(F)F. The predicted octanol–water partition coefficient (Wildman–Crippen LogP) is 3.12. The van der Waals surface area contributed by atoms with Crippen LogP contribution in [0.2, 0.25) is 0 Å². The number of halogens is 3. The number of rotatable bonds is 6. The predicted molar refractivity (Wildman–Crippen MR) is 71.4 cm³/mol. The lowest BCUT2D eigenvalue weighted by Gasteiger charge is -2.19. The van der Waals surface area contributed by atoms with Gasteiger partial charge in [0.15, 0.2) is 0 Å². The van der Waals surface area contributed by atoms with Gasteiger partial charge in [-0.25, -0.2) is 0 Å². The maximum absolute atomic E-state index is 12.8. The molecular formula is C13H18F3NOS. The Kier molecular flexibility index (Phi) is 6.00. The number of hydrogen-bond acceptors (Lipinski definition) is 2. The minimum absolute atomic E-state index is 0.220. The minimum atomic E-state index is -4.35. The van der Waals surface area contributed by atoms with Crippen LogP contribution < -0.4 is 5.32 Å². The molecule has 6 heteroatoms. The van der Waals surface area contributed by atoms with Crippen molar-refractivity contribution in [2.75, 3.05) is 18.1 Å². The standard InChI is InChI=1S/C13H18F3NOS/c1-3-19(18)9-8-17-10(2)11-6-4-5-7-12(11)13(14,15)16/h4-7,10,17H,3,8-9H2,1-2H3. The van der Waals surface area contributed by atoms with Crippen molar-refractivity contribution in [1.82, 2.24) is 5.32 Å². The van der Waals surface area contributed by atoms with E-state index in [0.29, 0.717) is 18.1 Å². The summed E-state index contributed by atoms with van der Waals surface area (Å²) in [5.41, 5.74) is -0.399. The normalized spacial score (nSPS) is 15.2. The summed E-state index contributed by atoms with van der Waals surface area (Å²) < 4.78 is 49.8. The fourth-order valence-corrected chi connectivity index (χ4v) is 2.41. The second-order valence-electron chi connectivity index (χ2n) is 4.19. The summed E-state index contributed by atoms with van der Waals surface area (Å²) in [7, 11) is -0.907. The summed E-state index contributed by atoms with van der Waals surface area (Å²) in [4.78, 5) is 0. The van der Waals surface area contributed by atoms with E-state index in [4.69, 9.17) is 0 Å². The fourth-order valence-electron chi connectivity index (χ4n) is 1.78. The summed E-state index contributed by atoms with van der Waals surface area (Å²) in [6, 6.07) is 5.10. The first kappa shape index (κ1) is 16.2. The summed E-state index contributed by atoms with van der Waals surface area (Å²) >= 11 is 0. The summed E-state index contributed by atoms with van der Waals surface area (Å²) in [6.07, 6.45) is -4.35. The third kappa shape index (κ3) is 4.95. The van der Waals surface area contributed by atoms with Crippen LogP contribution in [0.3, 0.4) is 0 Å². The number of hydrogen-bond donors (Lipinski definition) is 1. The van der Waals surface area contributed by atoms with Crippen LogP contribution in [0.1, 0.15) is 31.0 Å². The molecule has 0 aliphatic carbocycles. The van der Waals surface area contributed by atoms with Crippen LogP contribution in [0.25, 0.3) is 0 Å². The van der Waals surface area contributed by atoms with Gasteiger partial charge in [0.05, 0.1) is 5.56 Å². The van der Waals surface area contributed by atoms with Gasteiger partial charge in [0.1, 0.15) is 0 Å². The van der Waals surface area contributed by atoms with E-state index in [-0.39, 0.29) is 5.56 Å². The molecule has 0 aliphatic rings. The lowest BCUT2D eigenvalue weighted by atomic mass is 10.0. The van der Waals surface area contributed by atoms with E-state index in [0.717, 1.165) is 6.07 Å². The Morgan fingerprint density at radius 3 is 2.53 bits per heavy atom. The second kappa shape index (κ2) is 7.05. The van der Waals surface area contributed by atoms with E-state index in [9.17, 15) is 17.4 Å². The molecule has 0 fully saturated rings. The molecule has 108 valence electrons. The molecule has 0 aromatic heterocycles. The Morgan fingerprint density at radius 2 is 1.95 bits per heavy atom. The van der Waals surface area contributed by atoms with E-state index in [1.807, 2.05) is 6.92 Å². The fraction of sp³-hybridized carbons (Fsp3) is 0.538. The van der Waals surface area contributed by atoms with E-state index in [1.54, 1.807) is 13.0 Å². The van der Waals surface area contributed by atoms with Crippen LogP contribution >= 0.6 is 0 Å². The Labute approximate surface area is 113 Å². The molecule has 1 aromatic carbocycles. The topological polar surface area (TPSA) is 29.1 Å². The molecule has 0 saturated carbocycles. The molecule has 19 heavy (non-hydrogen) atoms. The van der Waals surface area contributed by atoms with Crippen molar-refractivity contribution in [3.63, 3.8) is 0 Å². The third-order valence-electron chi connectivity index (χ3n) is 2.83. The number of benzene rings is 1. The Balaban J connectivity index is 2.72. The van der Waals surface area contributed by atoms with Crippen molar-refractivity contribution in [3.8, 4) is 0 Å². The van der Waals surface area contributed by atoms with Gasteiger partial charge in [-0.2, -0.15) is 13.2 Å². The van der Waals surface area contributed by atoms with Crippen molar-refractivity contribution in [2.24, 2.45) is 0 Å². The smallest absolute Gasteiger partial charge is 0.309 e. The summed E-state index contributed by atoms with van der Waals surface area (Å²) in [6.45, 7) is 3.94. The molecule has 0 saturated heterocycles. The molecule has 1 N–H and O–H groups in total. The zero-order valence-electron chi connectivity index (χ0n) is 11.0. The van der Waals surface area contributed by atoms with Crippen LogP contribution in [-0.2, 0) is 17.0 Å². The van der Waals surface area contributed by atoms with Crippen LogP contribution in [0, 0.1) is 0 Å². The molecule has 0 heterocycles. The second-order valence-corrected chi connectivity index (χ2v) is 6.06. The molecule has 0 aliphatic heterocycles. The van der Waals surface area contributed by atoms with Gasteiger partial charge in [0.2, 0.25) is 0 Å². The van der Waals surface area contributed by atoms with Gasteiger partial charge >= 0.3 is 6.18 Å². The zero-order chi connectivity index (χ0) is 14.5.